The second-order valence-electron chi connectivity index (χ2n) is 16.4. The molecule has 7 N–H and O–H groups in total. The first-order valence-corrected chi connectivity index (χ1v) is 17.9. The maximum absolute atomic E-state index is 12.5. The predicted molar refractivity (Wildman–Crippen MR) is 166 cm³/mol. The maximum atomic E-state index is 12.5. The fraction of sp³-hybridized carbons (Fsp3) is 0.914. The lowest BCUT2D eigenvalue weighted by Crippen LogP contribution is -2.62. The average molecular weight is 683 g/mol. The highest BCUT2D eigenvalue weighted by Gasteiger charge is 2.70. The van der Waals surface area contributed by atoms with Crippen molar-refractivity contribution in [3.8, 4) is 0 Å². The number of aliphatic hydroxyl groups excluding tert-OH is 6. The van der Waals surface area contributed by atoms with Crippen LogP contribution in [-0.2, 0) is 28.5 Å². The van der Waals surface area contributed by atoms with Crippen LogP contribution in [-0.4, -0.2) is 128 Å². The van der Waals surface area contributed by atoms with Gasteiger partial charge in [-0.15, -0.1) is 0 Å². The fourth-order valence-electron chi connectivity index (χ4n) is 11.4. The summed E-state index contributed by atoms with van der Waals surface area (Å²) in [7, 11) is 0. The Morgan fingerprint density at radius 1 is 0.896 bits per heavy atom. The average Bonchev–Trinajstić information content (AvgIpc) is 3.54. The lowest BCUT2D eigenvalue weighted by Gasteiger charge is -2.63. The summed E-state index contributed by atoms with van der Waals surface area (Å²) in [4.78, 5) is 11.9. The standard InChI is InChI=1S/C35H54O13/c1-16-31(48-32-30(42)29(41)28(40)24(14-36)47-32)22(37)12-26(45-16)46-19-6-8-33(2)18(11-19)4-5-21-20(33)7-9-34(3)27(17-10-25(39)44-15-17)23(38)13-35(21,34)43/h10,16,18-24,26-32,36-38,40-43H,4-9,11-15H2,1-3H3/t16-,18-,19-,20-,21+,22+,23-,24-,26+,27+,28-,29+,30-,31-,32+,33+,34-,35+/m1/s1. The molecular formula is C35H54O13. The number of aliphatic hydroxyl groups is 7. The number of cyclic esters (lactones) is 1. The molecule has 4 aliphatic carbocycles. The molecule has 3 aliphatic heterocycles. The van der Waals surface area contributed by atoms with E-state index in [9.17, 15) is 40.5 Å². The Hall–Kier alpha value is -1.23. The van der Waals surface area contributed by atoms with E-state index >= 15 is 0 Å². The van der Waals surface area contributed by atoms with E-state index in [1.54, 1.807) is 6.92 Å². The Labute approximate surface area is 281 Å². The number of esters is 1. The topological polar surface area (TPSA) is 205 Å². The summed E-state index contributed by atoms with van der Waals surface area (Å²) in [6.45, 7) is 5.81. The maximum Gasteiger partial charge on any atom is 0.331 e. The molecule has 3 heterocycles. The molecule has 6 fully saturated rings. The van der Waals surface area contributed by atoms with Crippen LogP contribution in [0.5, 0.6) is 0 Å². The molecule has 48 heavy (non-hydrogen) atoms. The lowest BCUT2D eigenvalue weighted by atomic mass is 9.43. The lowest BCUT2D eigenvalue weighted by molar-refractivity contribution is -0.344. The van der Waals surface area contributed by atoms with Gasteiger partial charge in [0.15, 0.2) is 12.6 Å². The Morgan fingerprint density at radius 2 is 1.67 bits per heavy atom. The zero-order valence-electron chi connectivity index (χ0n) is 28.1. The van der Waals surface area contributed by atoms with Gasteiger partial charge < -0.3 is 59.4 Å². The van der Waals surface area contributed by atoms with Gasteiger partial charge in [0.2, 0.25) is 0 Å². The summed E-state index contributed by atoms with van der Waals surface area (Å²) >= 11 is 0. The van der Waals surface area contributed by atoms with Crippen molar-refractivity contribution in [3.05, 3.63) is 11.6 Å². The SMILES string of the molecule is C[C@H]1O[C@@H](O[C@@H]2CC[C@@]3(C)[C@H](CC[C@H]4[C@H]3CC[C@]3(C)[C@@H](C5=CC(=O)OC5)[C@H](O)C[C@]43O)C2)C[C@H](O)[C@@H]1O[C@@H]1O[C@H](CO)[C@@H](O)[C@H](O)[C@H]1O. The van der Waals surface area contributed by atoms with Crippen LogP contribution in [0.2, 0.25) is 0 Å². The second kappa shape index (κ2) is 12.8. The van der Waals surface area contributed by atoms with Crippen molar-refractivity contribution in [2.45, 2.75) is 152 Å². The molecule has 0 unspecified atom stereocenters. The van der Waals surface area contributed by atoms with Gasteiger partial charge >= 0.3 is 5.97 Å². The minimum absolute atomic E-state index is 0.0130. The van der Waals surface area contributed by atoms with Crippen LogP contribution >= 0.6 is 0 Å². The zero-order valence-corrected chi connectivity index (χ0v) is 28.1. The molecule has 18 atom stereocenters. The number of fused-ring (bicyclic) bond motifs is 5. The normalized spacial score (nSPS) is 55.3. The first kappa shape index (κ1) is 35.2. The summed E-state index contributed by atoms with van der Waals surface area (Å²) in [5.41, 5.74) is -0.737. The van der Waals surface area contributed by atoms with Gasteiger partial charge in [-0.2, -0.15) is 0 Å². The highest BCUT2D eigenvalue weighted by atomic mass is 16.7. The van der Waals surface area contributed by atoms with Crippen molar-refractivity contribution in [1.82, 2.24) is 0 Å². The molecule has 7 rings (SSSR count). The summed E-state index contributed by atoms with van der Waals surface area (Å²) < 4.78 is 29.1. The van der Waals surface area contributed by atoms with Crippen LogP contribution in [0.4, 0.5) is 0 Å². The van der Waals surface area contributed by atoms with Crippen molar-refractivity contribution in [2.75, 3.05) is 13.2 Å². The molecule has 13 nitrogen and oxygen atoms in total. The molecule has 13 heteroatoms. The molecule has 272 valence electrons. The molecule has 2 saturated heterocycles. The van der Waals surface area contributed by atoms with Gasteiger partial charge in [-0.25, -0.2) is 4.79 Å². The molecule has 7 aliphatic rings. The van der Waals surface area contributed by atoms with E-state index in [1.165, 1.54) is 6.08 Å². The van der Waals surface area contributed by atoms with Crippen LogP contribution < -0.4 is 0 Å². The van der Waals surface area contributed by atoms with E-state index in [1.807, 2.05) is 0 Å². The molecule has 0 bridgehead atoms. The quantitative estimate of drug-likeness (QED) is 0.149. The van der Waals surface area contributed by atoms with E-state index in [2.05, 4.69) is 13.8 Å². The third kappa shape index (κ3) is 5.51. The van der Waals surface area contributed by atoms with Crippen LogP contribution in [0, 0.1) is 34.5 Å². The predicted octanol–water partition coefficient (Wildman–Crippen LogP) is 0.280. The number of hydrogen-bond donors (Lipinski definition) is 7. The van der Waals surface area contributed by atoms with E-state index in [0.29, 0.717) is 18.3 Å². The third-order valence-corrected chi connectivity index (χ3v) is 14.0. The number of ether oxygens (including phenoxy) is 5. The van der Waals surface area contributed by atoms with Crippen LogP contribution in [0.1, 0.15) is 78.6 Å². The fourth-order valence-corrected chi connectivity index (χ4v) is 11.4. The largest absolute Gasteiger partial charge is 0.458 e. The Bertz CT molecular complexity index is 1230. The Kier molecular flexibility index (Phi) is 9.36. The molecule has 0 aromatic rings. The van der Waals surface area contributed by atoms with Gasteiger partial charge in [0.1, 0.15) is 37.1 Å². The van der Waals surface area contributed by atoms with E-state index in [4.69, 9.17) is 23.7 Å². The molecule has 0 amide bonds. The first-order chi connectivity index (χ1) is 22.7. The zero-order chi connectivity index (χ0) is 34.3. The van der Waals surface area contributed by atoms with E-state index < -0.39 is 79.0 Å². The number of carbonyl (C=O) groups excluding carboxylic acids is 1. The first-order valence-electron chi connectivity index (χ1n) is 17.9. The molecule has 0 spiro atoms. The number of hydrogen-bond acceptors (Lipinski definition) is 13. The van der Waals surface area contributed by atoms with Crippen LogP contribution in [0.3, 0.4) is 0 Å². The minimum Gasteiger partial charge on any atom is -0.458 e. The second-order valence-corrected chi connectivity index (χ2v) is 16.4. The Balaban J connectivity index is 0.969. The van der Waals surface area contributed by atoms with Crippen LogP contribution in [0.25, 0.3) is 0 Å². The van der Waals surface area contributed by atoms with Crippen LogP contribution in [0.15, 0.2) is 11.6 Å². The molecule has 0 aromatic heterocycles. The smallest absolute Gasteiger partial charge is 0.331 e. The van der Waals surface area contributed by atoms with Crippen molar-refractivity contribution < 1.29 is 64.2 Å². The molecule has 4 saturated carbocycles. The van der Waals surface area contributed by atoms with Gasteiger partial charge in [-0.3, -0.25) is 0 Å². The summed E-state index contributed by atoms with van der Waals surface area (Å²) in [5.74, 6) is 0.0985. The van der Waals surface area contributed by atoms with E-state index in [0.717, 1.165) is 50.5 Å². The Morgan fingerprint density at radius 3 is 2.35 bits per heavy atom. The van der Waals surface area contributed by atoms with Crippen molar-refractivity contribution in [2.24, 2.45) is 34.5 Å². The number of rotatable bonds is 6. The third-order valence-electron chi connectivity index (χ3n) is 14.0. The summed E-state index contributed by atoms with van der Waals surface area (Å²) in [6, 6.07) is 0. The van der Waals surface area contributed by atoms with Gasteiger partial charge in [0.25, 0.3) is 0 Å². The van der Waals surface area contributed by atoms with Gasteiger partial charge in [-0.05, 0) is 80.6 Å². The van der Waals surface area contributed by atoms with Gasteiger partial charge in [0.05, 0.1) is 36.6 Å². The highest BCUT2D eigenvalue weighted by Crippen LogP contribution is 2.70. The minimum atomic E-state index is -1.58. The monoisotopic (exact) mass is 682 g/mol. The molecule has 0 aromatic carbocycles. The van der Waals surface area contributed by atoms with Crippen molar-refractivity contribution in [1.29, 1.82) is 0 Å². The summed E-state index contributed by atoms with van der Waals surface area (Å²) in [5, 5.41) is 74.9. The van der Waals surface area contributed by atoms with E-state index in [-0.39, 0.29) is 42.4 Å². The van der Waals surface area contributed by atoms with Crippen molar-refractivity contribution in [3.63, 3.8) is 0 Å². The van der Waals surface area contributed by atoms with Gasteiger partial charge in [-0.1, -0.05) is 13.8 Å². The highest BCUT2D eigenvalue weighted by molar-refractivity contribution is 5.85. The van der Waals surface area contributed by atoms with Crippen molar-refractivity contribution >= 4 is 5.97 Å². The molecular weight excluding hydrogens is 628 g/mol. The van der Waals surface area contributed by atoms with Gasteiger partial charge in [0, 0.05) is 30.3 Å². The number of carbonyl (C=O) groups is 1. The molecule has 0 radical (unpaired) electrons. The summed E-state index contributed by atoms with van der Waals surface area (Å²) in [6.07, 6.45) is -3.04.